The molecule has 2 aromatic rings. The van der Waals surface area contributed by atoms with Crippen molar-refractivity contribution in [2.75, 3.05) is 5.32 Å². The minimum Gasteiger partial charge on any atom is -0.476 e. The van der Waals surface area contributed by atoms with E-state index in [1.54, 1.807) is 24.3 Å². The number of carboxylic acid groups (broad SMARTS) is 1. The molecule has 1 aliphatic carbocycles. The first kappa shape index (κ1) is 14.5. The molecule has 1 aliphatic rings. The van der Waals surface area contributed by atoms with Gasteiger partial charge in [0.1, 0.15) is 0 Å². The van der Waals surface area contributed by atoms with Gasteiger partial charge in [-0.15, -0.1) is 0 Å². The molecule has 22 heavy (non-hydrogen) atoms. The number of hydrogen-bond acceptors (Lipinski definition) is 3. The van der Waals surface area contributed by atoms with Crippen molar-refractivity contribution in [1.82, 2.24) is 4.98 Å². The summed E-state index contributed by atoms with van der Waals surface area (Å²) in [5.41, 5.74) is 0.657. The molecule has 1 heterocycles. The van der Waals surface area contributed by atoms with E-state index in [-0.39, 0.29) is 17.5 Å². The number of benzene rings is 1. The Hall–Kier alpha value is -2.43. The molecule has 5 heteroatoms. The van der Waals surface area contributed by atoms with Crippen LogP contribution in [0, 0.1) is 5.92 Å². The molecule has 0 aliphatic heterocycles. The molecule has 0 atom stereocenters. The average Bonchev–Trinajstić information content (AvgIpc) is 2.55. The van der Waals surface area contributed by atoms with Gasteiger partial charge in [0.2, 0.25) is 5.91 Å². The smallest absolute Gasteiger partial charge is 0.355 e. The minimum absolute atomic E-state index is 0.00580. The first-order valence-electron chi connectivity index (χ1n) is 7.58. The number of pyridine rings is 1. The van der Waals surface area contributed by atoms with Crippen LogP contribution in [0.3, 0.4) is 0 Å². The van der Waals surface area contributed by atoms with E-state index in [2.05, 4.69) is 10.3 Å². The first-order valence-corrected chi connectivity index (χ1v) is 7.58. The van der Waals surface area contributed by atoms with E-state index in [1.165, 1.54) is 12.6 Å². The molecule has 1 saturated carbocycles. The number of anilines is 1. The summed E-state index contributed by atoms with van der Waals surface area (Å²) in [5.74, 6) is -0.980. The van der Waals surface area contributed by atoms with E-state index < -0.39 is 5.97 Å². The molecule has 1 fully saturated rings. The summed E-state index contributed by atoms with van der Waals surface area (Å²) in [4.78, 5) is 27.5. The predicted molar refractivity (Wildman–Crippen MR) is 83.9 cm³/mol. The largest absolute Gasteiger partial charge is 0.476 e. The van der Waals surface area contributed by atoms with E-state index in [1.807, 2.05) is 0 Å². The quantitative estimate of drug-likeness (QED) is 0.909. The highest BCUT2D eigenvalue weighted by atomic mass is 16.4. The lowest BCUT2D eigenvalue weighted by atomic mass is 9.88. The Morgan fingerprint density at radius 1 is 1.09 bits per heavy atom. The molecule has 0 bridgehead atoms. The van der Waals surface area contributed by atoms with Crippen molar-refractivity contribution in [2.45, 2.75) is 32.1 Å². The van der Waals surface area contributed by atoms with Crippen LogP contribution in [0.2, 0.25) is 0 Å². The van der Waals surface area contributed by atoms with Crippen LogP contribution in [0.15, 0.2) is 30.5 Å². The lowest BCUT2D eigenvalue weighted by Gasteiger charge is -2.21. The maximum atomic E-state index is 12.4. The van der Waals surface area contributed by atoms with E-state index in [9.17, 15) is 14.7 Å². The standard InChI is InChI=1S/C17H18N2O3/c20-16(11-5-2-1-3-6-11)19-14-8-4-7-13-12(14)9-10-18-15(13)17(21)22/h4,7-11H,1-3,5-6H2,(H,19,20)(H,21,22). The predicted octanol–water partition coefficient (Wildman–Crippen LogP) is 3.45. The van der Waals surface area contributed by atoms with Gasteiger partial charge in [0, 0.05) is 28.6 Å². The van der Waals surface area contributed by atoms with Gasteiger partial charge in [0.15, 0.2) is 5.69 Å². The number of hydrogen-bond donors (Lipinski definition) is 2. The SMILES string of the molecule is O=C(O)c1nccc2c(NC(=O)C3CCCCC3)cccc12. The lowest BCUT2D eigenvalue weighted by molar-refractivity contribution is -0.120. The van der Waals surface area contributed by atoms with Crippen LogP contribution in [0.5, 0.6) is 0 Å². The first-order chi connectivity index (χ1) is 10.7. The zero-order valence-electron chi connectivity index (χ0n) is 12.2. The Kier molecular flexibility index (Phi) is 4.04. The van der Waals surface area contributed by atoms with Crippen LogP contribution in [0.1, 0.15) is 42.6 Å². The Morgan fingerprint density at radius 2 is 1.86 bits per heavy atom. The van der Waals surface area contributed by atoms with Crippen LogP contribution in [-0.2, 0) is 4.79 Å². The minimum atomic E-state index is -1.07. The van der Waals surface area contributed by atoms with Crippen molar-refractivity contribution in [1.29, 1.82) is 0 Å². The summed E-state index contributed by atoms with van der Waals surface area (Å²) in [6, 6.07) is 6.99. The average molecular weight is 298 g/mol. The third-order valence-electron chi connectivity index (χ3n) is 4.24. The zero-order valence-corrected chi connectivity index (χ0v) is 12.2. The summed E-state index contributed by atoms with van der Waals surface area (Å²) in [6.45, 7) is 0. The lowest BCUT2D eigenvalue weighted by Crippen LogP contribution is -2.24. The Morgan fingerprint density at radius 3 is 2.59 bits per heavy atom. The van der Waals surface area contributed by atoms with Gasteiger partial charge < -0.3 is 10.4 Å². The summed E-state index contributed by atoms with van der Waals surface area (Å²) in [5, 5.41) is 13.4. The topological polar surface area (TPSA) is 79.3 Å². The maximum Gasteiger partial charge on any atom is 0.355 e. The fourth-order valence-corrected chi connectivity index (χ4v) is 3.09. The van der Waals surface area contributed by atoms with Crippen molar-refractivity contribution in [3.63, 3.8) is 0 Å². The third kappa shape index (κ3) is 2.79. The maximum absolute atomic E-state index is 12.4. The molecule has 3 rings (SSSR count). The van der Waals surface area contributed by atoms with Gasteiger partial charge in [-0.2, -0.15) is 0 Å². The highest BCUT2D eigenvalue weighted by molar-refractivity contribution is 6.08. The molecular weight excluding hydrogens is 280 g/mol. The third-order valence-corrected chi connectivity index (χ3v) is 4.24. The number of aromatic nitrogens is 1. The second-order valence-corrected chi connectivity index (χ2v) is 5.69. The van der Waals surface area contributed by atoms with Crippen LogP contribution in [0.25, 0.3) is 10.8 Å². The number of nitrogens with zero attached hydrogens (tertiary/aromatic N) is 1. The molecule has 1 aromatic heterocycles. The number of nitrogens with one attached hydrogen (secondary N) is 1. The van der Waals surface area contributed by atoms with E-state index in [0.29, 0.717) is 16.5 Å². The van der Waals surface area contributed by atoms with Crippen LogP contribution >= 0.6 is 0 Å². The van der Waals surface area contributed by atoms with Gasteiger partial charge in [-0.3, -0.25) is 4.79 Å². The number of aromatic carboxylic acids is 1. The number of carboxylic acids is 1. The summed E-state index contributed by atoms with van der Waals surface area (Å²) in [7, 11) is 0. The molecule has 0 unspecified atom stereocenters. The van der Waals surface area contributed by atoms with Gasteiger partial charge in [-0.05, 0) is 25.0 Å². The van der Waals surface area contributed by atoms with E-state index in [4.69, 9.17) is 0 Å². The normalized spacial score (nSPS) is 15.6. The van der Waals surface area contributed by atoms with Crippen molar-refractivity contribution in [2.24, 2.45) is 5.92 Å². The number of rotatable bonds is 3. The fourth-order valence-electron chi connectivity index (χ4n) is 3.09. The molecule has 0 radical (unpaired) electrons. The molecule has 0 spiro atoms. The number of carbonyl (C=O) groups is 2. The van der Waals surface area contributed by atoms with Crippen molar-refractivity contribution in [3.05, 3.63) is 36.2 Å². The molecule has 0 saturated heterocycles. The number of fused-ring (bicyclic) bond motifs is 1. The van der Waals surface area contributed by atoms with Gasteiger partial charge in [0.25, 0.3) is 0 Å². The number of carbonyl (C=O) groups excluding carboxylic acids is 1. The van der Waals surface area contributed by atoms with E-state index >= 15 is 0 Å². The van der Waals surface area contributed by atoms with Crippen molar-refractivity contribution < 1.29 is 14.7 Å². The van der Waals surface area contributed by atoms with Gasteiger partial charge in [-0.1, -0.05) is 31.4 Å². The molecule has 2 N–H and O–H groups in total. The van der Waals surface area contributed by atoms with Crippen LogP contribution in [-0.4, -0.2) is 22.0 Å². The molecule has 1 aromatic carbocycles. The van der Waals surface area contributed by atoms with Gasteiger partial charge >= 0.3 is 5.97 Å². The molecular formula is C17H18N2O3. The summed E-state index contributed by atoms with van der Waals surface area (Å²) in [6.07, 6.45) is 6.71. The zero-order chi connectivity index (χ0) is 15.5. The Bertz CT molecular complexity index is 721. The summed E-state index contributed by atoms with van der Waals surface area (Å²) < 4.78 is 0. The second kappa shape index (κ2) is 6.13. The molecule has 5 nitrogen and oxygen atoms in total. The monoisotopic (exact) mass is 298 g/mol. The van der Waals surface area contributed by atoms with E-state index in [0.717, 1.165) is 25.7 Å². The Labute approximate surface area is 128 Å². The molecule has 114 valence electrons. The highest BCUT2D eigenvalue weighted by Crippen LogP contribution is 2.28. The van der Waals surface area contributed by atoms with Crippen molar-refractivity contribution in [3.8, 4) is 0 Å². The Balaban J connectivity index is 1.92. The highest BCUT2D eigenvalue weighted by Gasteiger charge is 2.22. The van der Waals surface area contributed by atoms with Crippen LogP contribution < -0.4 is 5.32 Å². The number of amides is 1. The second-order valence-electron chi connectivity index (χ2n) is 5.69. The fraction of sp³-hybridized carbons (Fsp3) is 0.353. The van der Waals surface area contributed by atoms with Crippen molar-refractivity contribution >= 4 is 28.3 Å². The van der Waals surface area contributed by atoms with Gasteiger partial charge in [-0.25, -0.2) is 9.78 Å². The molecule has 1 amide bonds. The summed E-state index contributed by atoms with van der Waals surface area (Å²) >= 11 is 0. The van der Waals surface area contributed by atoms with Crippen LogP contribution in [0.4, 0.5) is 5.69 Å². The van der Waals surface area contributed by atoms with Gasteiger partial charge in [0.05, 0.1) is 0 Å².